The molecule has 0 bridgehead atoms. The van der Waals surface area contributed by atoms with Crippen LogP contribution in [-0.4, -0.2) is 39.3 Å². The third kappa shape index (κ3) is 7.45. The molecule has 2 rings (SSSR count). The van der Waals surface area contributed by atoms with E-state index in [2.05, 4.69) is 15.0 Å². The Morgan fingerprint density at radius 2 is 1.77 bits per heavy atom. The molecular formula is C14H29IN4O2S. The molecule has 0 aromatic carbocycles. The molecule has 2 aliphatic carbocycles. The molecule has 8 heteroatoms. The van der Waals surface area contributed by atoms with Crippen molar-refractivity contribution in [3.05, 3.63) is 0 Å². The molecule has 0 aromatic heterocycles. The molecule has 0 saturated heterocycles. The van der Waals surface area contributed by atoms with E-state index in [1.165, 1.54) is 25.7 Å². The molecule has 0 atom stereocenters. The lowest BCUT2D eigenvalue weighted by Crippen LogP contribution is -2.41. The van der Waals surface area contributed by atoms with Gasteiger partial charge in [-0.05, 0) is 31.6 Å². The molecule has 0 heterocycles. The second-order valence-electron chi connectivity index (χ2n) is 6.21. The molecule has 0 unspecified atom stereocenters. The van der Waals surface area contributed by atoms with Gasteiger partial charge in [0.05, 0.1) is 12.3 Å². The van der Waals surface area contributed by atoms with Crippen LogP contribution in [0.5, 0.6) is 0 Å². The van der Waals surface area contributed by atoms with Crippen LogP contribution in [0.3, 0.4) is 0 Å². The standard InChI is InChI=1S/C14H28N4O2S.HI/c15-14(18-13-7-2-1-3-8-13)16-9-10-21(19,20)17-11-12-5-4-6-12;/h12-13,17H,1-11H2,(H3,15,16,18);1H. The van der Waals surface area contributed by atoms with Gasteiger partial charge in [-0.25, -0.2) is 13.1 Å². The van der Waals surface area contributed by atoms with E-state index in [4.69, 9.17) is 5.73 Å². The van der Waals surface area contributed by atoms with Gasteiger partial charge >= 0.3 is 0 Å². The molecule has 4 N–H and O–H groups in total. The minimum absolute atomic E-state index is 0. The topological polar surface area (TPSA) is 96.6 Å². The third-order valence-corrected chi connectivity index (χ3v) is 5.74. The first-order valence-electron chi connectivity index (χ1n) is 8.09. The van der Waals surface area contributed by atoms with Crippen LogP contribution >= 0.6 is 24.0 Å². The molecule has 2 aliphatic rings. The van der Waals surface area contributed by atoms with E-state index in [-0.39, 0.29) is 36.3 Å². The lowest BCUT2D eigenvalue weighted by molar-refractivity contribution is 0.316. The van der Waals surface area contributed by atoms with Crippen LogP contribution in [0.2, 0.25) is 0 Å². The maximum atomic E-state index is 11.8. The summed E-state index contributed by atoms with van der Waals surface area (Å²) in [5, 5.41) is 3.19. The van der Waals surface area contributed by atoms with Crippen LogP contribution in [0.15, 0.2) is 4.99 Å². The lowest BCUT2D eigenvalue weighted by atomic mass is 9.86. The van der Waals surface area contributed by atoms with Gasteiger partial charge in [-0.3, -0.25) is 4.99 Å². The van der Waals surface area contributed by atoms with E-state index in [1.807, 2.05) is 0 Å². The Balaban J connectivity index is 0.00000242. The first-order chi connectivity index (χ1) is 10.1. The van der Waals surface area contributed by atoms with Gasteiger partial charge in [-0.2, -0.15) is 0 Å². The van der Waals surface area contributed by atoms with Crippen LogP contribution in [0.4, 0.5) is 0 Å². The van der Waals surface area contributed by atoms with Crippen molar-refractivity contribution in [1.29, 1.82) is 0 Å². The highest BCUT2D eigenvalue weighted by atomic mass is 127. The zero-order valence-electron chi connectivity index (χ0n) is 13.1. The zero-order chi connectivity index (χ0) is 15.1. The summed E-state index contributed by atoms with van der Waals surface area (Å²) < 4.78 is 26.3. The highest BCUT2D eigenvalue weighted by Crippen LogP contribution is 2.25. The summed E-state index contributed by atoms with van der Waals surface area (Å²) >= 11 is 0. The Hall–Kier alpha value is -0.0900. The van der Waals surface area contributed by atoms with Crippen LogP contribution < -0.4 is 15.8 Å². The Morgan fingerprint density at radius 1 is 1.09 bits per heavy atom. The number of nitrogens with two attached hydrogens (primary N) is 1. The van der Waals surface area contributed by atoms with Crippen LogP contribution in [0.1, 0.15) is 51.4 Å². The number of hydrogen-bond acceptors (Lipinski definition) is 3. The number of sulfonamides is 1. The summed E-state index contributed by atoms with van der Waals surface area (Å²) in [5.41, 5.74) is 5.81. The van der Waals surface area contributed by atoms with Crippen molar-refractivity contribution in [1.82, 2.24) is 10.0 Å². The predicted octanol–water partition coefficient (Wildman–Crippen LogP) is 1.56. The van der Waals surface area contributed by atoms with Crippen molar-refractivity contribution < 1.29 is 8.42 Å². The smallest absolute Gasteiger partial charge is 0.213 e. The summed E-state index contributed by atoms with van der Waals surface area (Å²) in [7, 11) is -3.22. The minimum atomic E-state index is -3.22. The predicted molar refractivity (Wildman–Crippen MR) is 101 cm³/mol. The number of hydrogen-bond donors (Lipinski definition) is 3. The van der Waals surface area contributed by atoms with Crippen molar-refractivity contribution in [2.75, 3.05) is 18.8 Å². The molecule has 2 saturated carbocycles. The van der Waals surface area contributed by atoms with Gasteiger partial charge in [0.2, 0.25) is 10.0 Å². The van der Waals surface area contributed by atoms with Gasteiger partial charge in [-0.15, -0.1) is 24.0 Å². The number of nitrogens with zero attached hydrogens (tertiary/aromatic N) is 1. The van der Waals surface area contributed by atoms with E-state index in [9.17, 15) is 8.42 Å². The SMILES string of the molecule is I.NC(=NCCS(=O)(=O)NCC1CCC1)NC1CCCCC1. The zero-order valence-corrected chi connectivity index (χ0v) is 16.2. The highest BCUT2D eigenvalue weighted by Gasteiger charge is 2.20. The molecule has 130 valence electrons. The highest BCUT2D eigenvalue weighted by molar-refractivity contribution is 14.0. The van der Waals surface area contributed by atoms with E-state index in [0.29, 0.717) is 24.5 Å². The van der Waals surface area contributed by atoms with Gasteiger partial charge in [-0.1, -0.05) is 25.7 Å². The molecule has 22 heavy (non-hydrogen) atoms. The van der Waals surface area contributed by atoms with Gasteiger partial charge in [0.15, 0.2) is 5.96 Å². The normalized spacial score (nSPS) is 21.0. The summed E-state index contributed by atoms with van der Waals surface area (Å²) in [6, 6.07) is 0.399. The Morgan fingerprint density at radius 3 is 2.36 bits per heavy atom. The second-order valence-corrected chi connectivity index (χ2v) is 8.14. The van der Waals surface area contributed by atoms with E-state index in [0.717, 1.165) is 25.7 Å². The van der Waals surface area contributed by atoms with Crippen molar-refractivity contribution in [3.63, 3.8) is 0 Å². The Bertz CT molecular complexity index is 446. The van der Waals surface area contributed by atoms with Gasteiger partial charge in [0.1, 0.15) is 0 Å². The summed E-state index contributed by atoms with van der Waals surface area (Å²) in [4.78, 5) is 4.13. The molecule has 0 aromatic rings. The van der Waals surface area contributed by atoms with E-state index >= 15 is 0 Å². The van der Waals surface area contributed by atoms with Crippen LogP contribution in [-0.2, 0) is 10.0 Å². The third-order valence-electron chi connectivity index (χ3n) is 4.42. The van der Waals surface area contributed by atoms with Crippen LogP contribution in [0, 0.1) is 5.92 Å². The maximum absolute atomic E-state index is 11.8. The Kier molecular flexibility index (Phi) is 9.00. The van der Waals surface area contributed by atoms with Crippen molar-refractivity contribution in [2.24, 2.45) is 16.6 Å². The molecular weight excluding hydrogens is 415 g/mol. The van der Waals surface area contributed by atoms with Crippen molar-refractivity contribution in [3.8, 4) is 0 Å². The van der Waals surface area contributed by atoms with Crippen molar-refractivity contribution in [2.45, 2.75) is 57.4 Å². The number of aliphatic imine (C=N–C) groups is 1. The maximum Gasteiger partial charge on any atom is 0.213 e. The number of halogens is 1. The Labute approximate surface area is 151 Å². The van der Waals surface area contributed by atoms with Gasteiger partial charge < -0.3 is 11.1 Å². The van der Waals surface area contributed by atoms with Gasteiger partial charge in [0, 0.05) is 12.6 Å². The average molecular weight is 444 g/mol. The minimum Gasteiger partial charge on any atom is -0.370 e. The molecule has 0 aliphatic heterocycles. The molecule has 0 spiro atoms. The van der Waals surface area contributed by atoms with Crippen molar-refractivity contribution >= 4 is 40.0 Å². The lowest BCUT2D eigenvalue weighted by Gasteiger charge is -2.25. The largest absolute Gasteiger partial charge is 0.370 e. The van der Waals surface area contributed by atoms with E-state index < -0.39 is 10.0 Å². The fourth-order valence-electron chi connectivity index (χ4n) is 2.80. The summed E-state index contributed by atoms with van der Waals surface area (Å²) in [6.45, 7) is 0.785. The number of rotatable bonds is 7. The quantitative estimate of drug-likeness (QED) is 0.316. The van der Waals surface area contributed by atoms with E-state index in [1.54, 1.807) is 0 Å². The fraction of sp³-hybridized carbons (Fsp3) is 0.929. The molecule has 2 fully saturated rings. The van der Waals surface area contributed by atoms with Gasteiger partial charge in [0.25, 0.3) is 0 Å². The molecule has 6 nitrogen and oxygen atoms in total. The average Bonchev–Trinajstić information content (AvgIpc) is 2.37. The fourth-order valence-corrected chi connectivity index (χ4v) is 3.77. The first-order valence-corrected chi connectivity index (χ1v) is 9.74. The summed E-state index contributed by atoms with van der Waals surface area (Å²) in [5.74, 6) is 0.907. The second kappa shape index (κ2) is 9.92. The molecule has 0 amide bonds. The summed E-state index contributed by atoms with van der Waals surface area (Å²) in [6.07, 6.45) is 9.49. The molecule has 0 radical (unpaired) electrons. The number of nitrogens with one attached hydrogen (secondary N) is 2. The first kappa shape index (κ1) is 20.0. The number of guanidine groups is 1. The van der Waals surface area contributed by atoms with Crippen LogP contribution in [0.25, 0.3) is 0 Å². The monoisotopic (exact) mass is 444 g/mol.